The van der Waals surface area contributed by atoms with Crippen LogP contribution in [-0.2, 0) is 10.0 Å². The van der Waals surface area contributed by atoms with Gasteiger partial charge in [-0.3, -0.25) is 4.79 Å². The summed E-state index contributed by atoms with van der Waals surface area (Å²) >= 11 is 0. The van der Waals surface area contributed by atoms with Gasteiger partial charge in [-0.2, -0.15) is 4.31 Å². The first-order valence-corrected chi connectivity index (χ1v) is 10.7. The summed E-state index contributed by atoms with van der Waals surface area (Å²) in [4.78, 5) is 12.6. The SMILES string of the molecule is CCCCN(CC)S(=O)(=O)c1ccc(C(=O)Nc2ccc3c(c2)OCO3)cc1. The van der Waals surface area contributed by atoms with Gasteiger partial charge in [0.25, 0.3) is 5.91 Å². The minimum atomic E-state index is -3.56. The van der Waals surface area contributed by atoms with Crippen LogP contribution < -0.4 is 14.8 Å². The standard InChI is InChI=1S/C20H24N2O5S/c1-3-5-12-22(4-2)28(24,25)17-9-6-15(7-10-17)20(23)21-16-8-11-18-19(13-16)27-14-26-18/h6-11,13H,3-5,12,14H2,1-2H3,(H,21,23). The van der Waals surface area contributed by atoms with Crippen molar-refractivity contribution in [1.29, 1.82) is 0 Å². The highest BCUT2D eigenvalue weighted by molar-refractivity contribution is 7.89. The molecule has 1 heterocycles. The molecule has 7 nitrogen and oxygen atoms in total. The summed E-state index contributed by atoms with van der Waals surface area (Å²) < 4.78 is 37.5. The fourth-order valence-electron chi connectivity index (χ4n) is 2.89. The lowest BCUT2D eigenvalue weighted by molar-refractivity contribution is 0.102. The fourth-order valence-corrected chi connectivity index (χ4v) is 4.38. The van der Waals surface area contributed by atoms with Gasteiger partial charge in [0, 0.05) is 30.4 Å². The molecule has 0 saturated heterocycles. The van der Waals surface area contributed by atoms with E-state index in [9.17, 15) is 13.2 Å². The molecule has 1 amide bonds. The van der Waals surface area contributed by atoms with Crippen molar-refractivity contribution in [2.24, 2.45) is 0 Å². The van der Waals surface area contributed by atoms with Crippen LogP contribution in [0.1, 0.15) is 37.0 Å². The third-order valence-corrected chi connectivity index (χ3v) is 6.49. The number of unbranched alkanes of at least 4 members (excludes halogenated alkanes) is 1. The third-order valence-electron chi connectivity index (χ3n) is 4.50. The number of sulfonamides is 1. The molecular formula is C20H24N2O5S. The van der Waals surface area contributed by atoms with Gasteiger partial charge in [-0.25, -0.2) is 8.42 Å². The number of ether oxygens (including phenoxy) is 2. The maximum absolute atomic E-state index is 12.7. The van der Waals surface area contributed by atoms with E-state index in [2.05, 4.69) is 5.32 Å². The first-order valence-electron chi connectivity index (χ1n) is 9.27. The second kappa shape index (κ2) is 8.62. The number of carbonyl (C=O) groups is 1. The Balaban J connectivity index is 1.72. The molecule has 0 atom stereocenters. The Morgan fingerprint density at radius 2 is 1.79 bits per heavy atom. The maximum Gasteiger partial charge on any atom is 0.255 e. The van der Waals surface area contributed by atoms with E-state index in [4.69, 9.17) is 9.47 Å². The Hall–Kier alpha value is -2.58. The van der Waals surface area contributed by atoms with Crippen molar-refractivity contribution in [3.05, 3.63) is 48.0 Å². The van der Waals surface area contributed by atoms with Crippen LogP contribution in [0.5, 0.6) is 11.5 Å². The van der Waals surface area contributed by atoms with Crippen LogP contribution >= 0.6 is 0 Å². The first kappa shape index (κ1) is 20.2. The molecule has 1 aliphatic rings. The van der Waals surface area contributed by atoms with Gasteiger partial charge in [0.1, 0.15) is 0 Å². The van der Waals surface area contributed by atoms with Crippen LogP contribution in [0, 0.1) is 0 Å². The minimum absolute atomic E-state index is 0.162. The van der Waals surface area contributed by atoms with Crippen LogP contribution in [0.15, 0.2) is 47.4 Å². The number of benzene rings is 2. The molecule has 0 radical (unpaired) electrons. The molecular weight excluding hydrogens is 380 g/mol. The summed E-state index contributed by atoms with van der Waals surface area (Å²) in [6.45, 7) is 4.90. The molecule has 1 N–H and O–H groups in total. The molecule has 3 rings (SSSR count). The Bertz CT molecular complexity index is 942. The summed E-state index contributed by atoms with van der Waals surface area (Å²) in [7, 11) is -3.56. The lowest BCUT2D eigenvalue weighted by atomic mass is 10.2. The average Bonchev–Trinajstić information content (AvgIpc) is 3.16. The largest absolute Gasteiger partial charge is 0.454 e. The van der Waals surface area contributed by atoms with E-state index >= 15 is 0 Å². The molecule has 0 saturated carbocycles. The number of carbonyl (C=O) groups excluding carboxylic acids is 1. The second-order valence-corrected chi connectivity index (χ2v) is 8.33. The number of hydrogen-bond donors (Lipinski definition) is 1. The predicted octanol–water partition coefficient (Wildman–Crippen LogP) is 3.48. The summed E-state index contributed by atoms with van der Waals surface area (Å²) in [5.74, 6) is 0.878. The van der Waals surface area contributed by atoms with E-state index in [0.717, 1.165) is 12.8 Å². The zero-order chi connectivity index (χ0) is 20.1. The van der Waals surface area contributed by atoms with E-state index < -0.39 is 10.0 Å². The summed E-state index contributed by atoms with van der Waals surface area (Å²) in [6.07, 6.45) is 1.73. The van der Waals surface area contributed by atoms with Gasteiger partial charge in [-0.1, -0.05) is 20.3 Å². The van der Waals surface area contributed by atoms with E-state index in [1.165, 1.54) is 28.6 Å². The van der Waals surface area contributed by atoms with E-state index in [1.54, 1.807) is 18.2 Å². The molecule has 0 bridgehead atoms. The molecule has 2 aromatic carbocycles. The fraction of sp³-hybridized carbons (Fsp3) is 0.350. The average molecular weight is 404 g/mol. The Morgan fingerprint density at radius 3 is 2.46 bits per heavy atom. The Labute approximate surface area is 165 Å². The molecule has 28 heavy (non-hydrogen) atoms. The quantitative estimate of drug-likeness (QED) is 0.728. The molecule has 2 aromatic rings. The smallest absolute Gasteiger partial charge is 0.255 e. The van der Waals surface area contributed by atoms with Crippen LogP contribution in [-0.4, -0.2) is 38.5 Å². The van der Waals surface area contributed by atoms with Gasteiger partial charge in [-0.15, -0.1) is 0 Å². The maximum atomic E-state index is 12.7. The molecule has 8 heteroatoms. The normalized spacial score (nSPS) is 13.0. The molecule has 0 aliphatic carbocycles. The molecule has 0 spiro atoms. The number of nitrogens with one attached hydrogen (secondary N) is 1. The molecule has 150 valence electrons. The van der Waals surface area contributed by atoms with Gasteiger partial charge in [-0.05, 0) is 42.8 Å². The van der Waals surface area contributed by atoms with E-state index in [0.29, 0.717) is 35.8 Å². The van der Waals surface area contributed by atoms with Crippen molar-refractivity contribution in [1.82, 2.24) is 4.31 Å². The van der Waals surface area contributed by atoms with Crippen LogP contribution in [0.2, 0.25) is 0 Å². The van der Waals surface area contributed by atoms with Gasteiger partial charge in [0.15, 0.2) is 11.5 Å². The minimum Gasteiger partial charge on any atom is -0.454 e. The van der Waals surface area contributed by atoms with Crippen LogP contribution in [0.4, 0.5) is 5.69 Å². The van der Waals surface area contributed by atoms with Crippen molar-refractivity contribution in [3.8, 4) is 11.5 Å². The zero-order valence-corrected chi connectivity index (χ0v) is 16.8. The number of hydrogen-bond acceptors (Lipinski definition) is 5. The lowest BCUT2D eigenvalue weighted by Crippen LogP contribution is -2.31. The van der Waals surface area contributed by atoms with Gasteiger partial charge < -0.3 is 14.8 Å². The van der Waals surface area contributed by atoms with E-state index in [1.807, 2.05) is 13.8 Å². The summed E-state index contributed by atoms with van der Waals surface area (Å²) in [5.41, 5.74) is 0.941. The van der Waals surface area contributed by atoms with Crippen molar-refractivity contribution in [3.63, 3.8) is 0 Å². The van der Waals surface area contributed by atoms with Crippen LogP contribution in [0.25, 0.3) is 0 Å². The summed E-state index contributed by atoms with van der Waals surface area (Å²) in [5, 5.41) is 2.77. The highest BCUT2D eigenvalue weighted by Gasteiger charge is 2.23. The van der Waals surface area contributed by atoms with Crippen molar-refractivity contribution >= 4 is 21.6 Å². The number of anilines is 1. The topological polar surface area (TPSA) is 84.9 Å². The second-order valence-electron chi connectivity index (χ2n) is 6.40. The molecule has 1 aliphatic heterocycles. The third kappa shape index (κ3) is 4.28. The van der Waals surface area contributed by atoms with E-state index in [-0.39, 0.29) is 17.6 Å². The van der Waals surface area contributed by atoms with Crippen molar-refractivity contribution in [2.75, 3.05) is 25.2 Å². The zero-order valence-electron chi connectivity index (χ0n) is 16.0. The first-order chi connectivity index (χ1) is 13.5. The van der Waals surface area contributed by atoms with Gasteiger partial charge >= 0.3 is 0 Å². The van der Waals surface area contributed by atoms with Crippen molar-refractivity contribution < 1.29 is 22.7 Å². The van der Waals surface area contributed by atoms with Crippen molar-refractivity contribution in [2.45, 2.75) is 31.6 Å². The van der Waals surface area contributed by atoms with Crippen LogP contribution in [0.3, 0.4) is 0 Å². The highest BCUT2D eigenvalue weighted by Crippen LogP contribution is 2.34. The summed E-state index contributed by atoms with van der Waals surface area (Å²) in [6, 6.07) is 11.1. The monoisotopic (exact) mass is 404 g/mol. The number of nitrogens with zero attached hydrogens (tertiary/aromatic N) is 1. The number of amides is 1. The Kier molecular flexibility index (Phi) is 6.21. The predicted molar refractivity (Wildman–Crippen MR) is 106 cm³/mol. The van der Waals surface area contributed by atoms with Gasteiger partial charge in [0.05, 0.1) is 4.90 Å². The molecule has 0 unspecified atom stereocenters. The molecule has 0 fully saturated rings. The Morgan fingerprint density at radius 1 is 1.07 bits per heavy atom. The molecule has 0 aromatic heterocycles. The van der Waals surface area contributed by atoms with Gasteiger partial charge in [0.2, 0.25) is 16.8 Å². The lowest BCUT2D eigenvalue weighted by Gasteiger charge is -2.20. The number of rotatable bonds is 8. The number of fused-ring (bicyclic) bond motifs is 1. The highest BCUT2D eigenvalue weighted by atomic mass is 32.2.